The van der Waals surface area contributed by atoms with E-state index in [9.17, 15) is 19.5 Å². The van der Waals surface area contributed by atoms with Gasteiger partial charge in [0.1, 0.15) is 20.4 Å². The summed E-state index contributed by atoms with van der Waals surface area (Å²) >= 11 is 8.06. The predicted molar refractivity (Wildman–Crippen MR) is 257 cm³/mol. The Hall–Kier alpha value is -5.03. The Morgan fingerprint density at radius 1 is 0.852 bits per heavy atom. The molecule has 0 spiro atoms. The highest BCUT2D eigenvalue weighted by Crippen LogP contribution is 2.52. The fourth-order valence-electron chi connectivity index (χ4n) is 9.30. The van der Waals surface area contributed by atoms with Crippen molar-refractivity contribution in [3.05, 3.63) is 150 Å². The normalized spacial score (nSPS) is 18.8. The zero-order valence-electron chi connectivity index (χ0n) is 34.9. The number of fused-ring (bicyclic) bond motifs is 3. The van der Waals surface area contributed by atoms with Crippen LogP contribution in [0.5, 0.6) is 0 Å². The second-order valence-corrected chi connectivity index (χ2v) is 19.2. The summed E-state index contributed by atoms with van der Waals surface area (Å²) < 4.78 is 2.43. The molecule has 3 atom stereocenters. The van der Waals surface area contributed by atoms with E-state index in [1.807, 2.05) is 31.2 Å². The van der Waals surface area contributed by atoms with Crippen molar-refractivity contribution in [2.45, 2.75) is 109 Å². The number of hydrogen-bond acceptors (Lipinski definition) is 7. The summed E-state index contributed by atoms with van der Waals surface area (Å²) in [6, 6.07) is 36.5. The Bertz CT molecular complexity index is 2580. The number of aliphatic carboxylic acids is 1. The van der Waals surface area contributed by atoms with Gasteiger partial charge in [-0.3, -0.25) is 23.9 Å². The Morgan fingerprint density at radius 3 is 2.18 bits per heavy atom. The van der Waals surface area contributed by atoms with Crippen LogP contribution in [0.2, 0.25) is 0 Å². The van der Waals surface area contributed by atoms with E-state index in [-0.39, 0.29) is 11.9 Å². The molecule has 0 radical (unpaired) electrons. The van der Waals surface area contributed by atoms with E-state index >= 15 is 0 Å². The van der Waals surface area contributed by atoms with Crippen molar-refractivity contribution in [3.63, 3.8) is 0 Å². The number of thioether (sulfide) groups is 1. The highest BCUT2D eigenvalue weighted by Gasteiger charge is 2.42. The number of benzene rings is 4. The van der Waals surface area contributed by atoms with Gasteiger partial charge in [0.15, 0.2) is 0 Å². The number of anilines is 2. The first kappa shape index (κ1) is 42.7. The molecule has 4 aromatic carbocycles. The van der Waals surface area contributed by atoms with Crippen LogP contribution in [0, 0.1) is 0 Å². The van der Waals surface area contributed by atoms with Gasteiger partial charge in [0.05, 0.1) is 4.53 Å². The van der Waals surface area contributed by atoms with Gasteiger partial charge in [0.25, 0.3) is 11.5 Å². The Labute approximate surface area is 372 Å². The van der Waals surface area contributed by atoms with Crippen molar-refractivity contribution in [3.8, 4) is 0 Å². The predicted octanol–water partition coefficient (Wildman–Crippen LogP) is 10.7. The third-order valence-electron chi connectivity index (χ3n) is 12.3. The lowest BCUT2D eigenvalue weighted by atomic mass is 9.95. The molecule has 2 fully saturated rings. The van der Waals surface area contributed by atoms with E-state index in [1.165, 1.54) is 87.7 Å². The smallest absolute Gasteiger partial charge is 0.323 e. The molecule has 61 heavy (non-hydrogen) atoms. The monoisotopic (exact) mass is 867 g/mol. The van der Waals surface area contributed by atoms with Gasteiger partial charge in [0.2, 0.25) is 0 Å². The van der Waals surface area contributed by atoms with Gasteiger partial charge < -0.3 is 10.0 Å². The first-order valence-corrected chi connectivity index (χ1v) is 23.8. The lowest BCUT2D eigenvalue weighted by molar-refractivity contribution is -0.137. The maximum atomic E-state index is 14.0. The van der Waals surface area contributed by atoms with Gasteiger partial charge in [-0.05, 0) is 96.0 Å². The van der Waals surface area contributed by atoms with Crippen LogP contribution in [0.1, 0.15) is 118 Å². The van der Waals surface area contributed by atoms with Crippen LogP contribution in [-0.4, -0.2) is 42.9 Å². The van der Waals surface area contributed by atoms with Gasteiger partial charge in [-0.1, -0.05) is 161 Å². The average Bonchev–Trinajstić information content (AvgIpc) is 4.02. The van der Waals surface area contributed by atoms with E-state index in [0.29, 0.717) is 30.4 Å². The van der Waals surface area contributed by atoms with E-state index in [1.54, 1.807) is 4.90 Å². The highest BCUT2D eigenvalue weighted by molar-refractivity contribution is 8.30. The quantitative estimate of drug-likeness (QED) is 0.0601. The third-order valence-corrected chi connectivity index (χ3v) is 15.0. The van der Waals surface area contributed by atoms with Crippen LogP contribution < -0.4 is 19.7 Å². The van der Waals surface area contributed by atoms with E-state index in [0.717, 1.165) is 55.3 Å². The zero-order chi connectivity index (χ0) is 42.5. The van der Waals surface area contributed by atoms with Crippen LogP contribution in [0.15, 0.2) is 108 Å². The maximum Gasteiger partial charge on any atom is 0.323 e. The summed E-state index contributed by atoms with van der Waals surface area (Å²) in [7, 11) is 0. The van der Waals surface area contributed by atoms with Crippen LogP contribution in [0.3, 0.4) is 0 Å². The van der Waals surface area contributed by atoms with Crippen molar-refractivity contribution in [1.82, 2.24) is 9.47 Å². The summed E-state index contributed by atoms with van der Waals surface area (Å²) in [5.41, 5.74) is 8.72. The number of hydrogen-bond donors (Lipinski definition) is 1. The average molecular weight is 868 g/mol. The molecule has 3 unspecified atom stereocenters. The molecule has 0 bridgehead atoms. The molecule has 3 aliphatic rings. The number of carboxylic acids is 1. The maximum absolute atomic E-state index is 14.0. The van der Waals surface area contributed by atoms with E-state index in [2.05, 4.69) is 103 Å². The molecule has 1 amide bonds. The number of thiazole rings is 1. The van der Waals surface area contributed by atoms with Crippen molar-refractivity contribution < 1.29 is 14.7 Å². The van der Waals surface area contributed by atoms with Crippen LogP contribution in [0.4, 0.5) is 11.4 Å². The van der Waals surface area contributed by atoms with Gasteiger partial charge in [-0.15, -0.1) is 11.3 Å². The number of amides is 1. The molecule has 1 saturated heterocycles. The lowest BCUT2D eigenvalue weighted by Crippen LogP contribution is -2.38. The largest absolute Gasteiger partial charge is 0.480 e. The van der Waals surface area contributed by atoms with Crippen molar-refractivity contribution in [1.29, 1.82) is 0 Å². The minimum Gasteiger partial charge on any atom is -0.480 e. The van der Waals surface area contributed by atoms with Gasteiger partial charge >= 0.3 is 5.97 Å². The number of rotatable bonds is 16. The molecule has 1 N–H and O–H groups in total. The number of carbonyl (C=O) groups excluding carboxylic acids is 1. The number of unbranched alkanes of at least 4 members (excludes halogenated alkanes) is 6. The Morgan fingerprint density at radius 2 is 1.51 bits per heavy atom. The molecule has 1 aromatic heterocycles. The molecule has 3 heterocycles. The fourth-order valence-corrected chi connectivity index (χ4v) is 12.0. The number of aromatic nitrogens is 1. The fraction of sp³-hybridized carbons (Fsp3) is 0.333. The molecule has 10 heteroatoms. The summed E-state index contributed by atoms with van der Waals surface area (Å²) in [5.74, 6) is -1.03. The number of carbonyl (C=O) groups is 2. The molecule has 7 nitrogen and oxygen atoms in total. The summed E-state index contributed by atoms with van der Waals surface area (Å²) in [4.78, 5) is 44.4. The highest BCUT2D eigenvalue weighted by atomic mass is 32.2. The molecule has 314 valence electrons. The second-order valence-electron chi connectivity index (χ2n) is 16.5. The lowest BCUT2D eigenvalue weighted by Gasteiger charge is -2.27. The first-order chi connectivity index (χ1) is 29.7. The summed E-state index contributed by atoms with van der Waals surface area (Å²) in [6.07, 6.45) is 16.6. The van der Waals surface area contributed by atoms with E-state index < -0.39 is 18.1 Å². The SMILES string of the molecule is CCCCCCCCCC(C)N1C(=O)/C(=c2\s/c(=C/c3ccc4c(c3)C3CCCC3N4c3ccc(C=C(c4ccccc4)c4ccccc4)cc3)c(=O)n2CC(=O)O)SC1=S. The summed E-state index contributed by atoms with van der Waals surface area (Å²) in [6.45, 7) is 3.71. The van der Waals surface area contributed by atoms with Crippen LogP contribution in [-0.2, 0) is 16.1 Å². The molecular weight excluding hydrogens is 815 g/mol. The number of thiocarbonyl (C=S) groups is 1. The van der Waals surface area contributed by atoms with E-state index in [4.69, 9.17) is 12.2 Å². The molecule has 1 aliphatic carbocycles. The Balaban J connectivity index is 1.07. The Kier molecular flexibility index (Phi) is 13.5. The zero-order valence-corrected chi connectivity index (χ0v) is 37.4. The van der Waals surface area contributed by atoms with Crippen molar-refractivity contribution >= 4 is 85.5 Å². The molecule has 8 rings (SSSR count). The molecule has 1 saturated carbocycles. The minimum atomic E-state index is -1.14. The second kappa shape index (κ2) is 19.3. The van der Waals surface area contributed by atoms with Crippen molar-refractivity contribution in [2.75, 3.05) is 4.90 Å². The topological polar surface area (TPSA) is 82.9 Å². The minimum absolute atomic E-state index is 0.0846. The standard InChI is InChI=1S/C51H53N3O4S3/c1-3-4-5-6-7-8-11-17-34(2)53-49(58)47(61-51(53)59)50-52(33-46(55)56)48(57)45(60-50)32-36-26-29-44-42(31-36)40-22-16-23-43(40)54(44)39-27-24-35(25-28-39)30-41(37-18-12-9-13-19-37)38-20-14-10-15-21-38/h9-10,12-15,18-21,24-32,34,40,43H,3-8,11,16-17,22-23,33H2,1-2H3,(H,55,56)/b45-32+,50-47+. The molecular formula is C51H53N3O4S3. The molecule has 2 aliphatic heterocycles. The van der Waals surface area contributed by atoms with Gasteiger partial charge in [-0.25, -0.2) is 0 Å². The van der Waals surface area contributed by atoms with Crippen molar-refractivity contribution in [2.24, 2.45) is 0 Å². The molecule has 5 aromatic rings. The van der Waals surface area contributed by atoms with Crippen LogP contribution >= 0.6 is 35.3 Å². The number of carboxylic acid groups (broad SMARTS) is 1. The van der Waals surface area contributed by atoms with Gasteiger partial charge in [-0.2, -0.15) is 0 Å². The first-order valence-electron chi connectivity index (χ1n) is 21.8. The summed E-state index contributed by atoms with van der Waals surface area (Å²) in [5, 5.41) is 9.85. The third kappa shape index (κ3) is 9.27. The van der Waals surface area contributed by atoms with Gasteiger partial charge in [0, 0.05) is 29.4 Å². The van der Waals surface area contributed by atoms with Crippen LogP contribution in [0.25, 0.3) is 22.6 Å². The number of nitrogens with zero attached hydrogens (tertiary/aromatic N) is 3.